The number of hydrogen-bond acceptors (Lipinski definition) is 4. The van der Waals surface area contributed by atoms with Crippen molar-refractivity contribution in [2.45, 2.75) is 25.3 Å². The summed E-state index contributed by atoms with van der Waals surface area (Å²) in [5.41, 5.74) is 2.95. The first kappa shape index (κ1) is 20.5. The number of piperidine rings is 1. The molecule has 156 valence electrons. The molecule has 0 atom stereocenters. The Bertz CT molecular complexity index is 1010. The normalized spacial score (nSPS) is 15.2. The standard InChI is InChI=1S/C23H26N4O2S/c28-22(17-6-2-1-3-7-17)27(30)23(29)25-19-11-14-26(15-12-19)13-10-18-16-24-21-9-5-4-8-20(18)21/h1-9,16,19,24,30H,10-15H2,(H,25,29). The van der Waals surface area contributed by atoms with Crippen LogP contribution in [0.3, 0.4) is 0 Å². The summed E-state index contributed by atoms with van der Waals surface area (Å²) >= 11 is 4.10. The minimum Gasteiger partial charge on any atom is -0.361 e. The number of aromatic amines is 1. The van der Waals surface area contributed by atoms with Crippen LogP contribution in [0, 0.1) is 0 Å². The van der Waals surface area contributed by atoms with Crippen molar-refractivity contribution in [2.24, 2.45) is 0 Å². The van der Waals surface area contributed by atoms with Gasteiger partial charge in [-0.2, -0.15) is 0 Å². The first-order chi connectivity index (χ1) is 14.6. The molecule has 1 aliphatic rings. The van der Waals surface area contributed by atoms with Crippen molar-refractivity contribution in [2.75, 3.05) is 19.6 Å². The molecule has 3 amide bonds. The molecule has 6 nitrogen and oxygen atoms in total. The number of benzene rings is 2. The lowest BCUT2D eigenvalue weighted by Crippen LogP contribution is -2.48. The number of thiol groups is 1. The monoisotopic (exact) mass is 422 g/mol. The van der Waals surface area contributed by atoms with Gasteiger partial charge in [0, 0.05) is 48.3 Å². The van der Waals surface area contributed by atoms with Crippen molar-refractivity contribution >= 4 is 35.7 Å². The predicted octanol–water partition coefficient (Wildman–Crippen LogP) is 3.87. The highest BCUT2D eigenvalue weighted by molar-refractivity contribution is 7.79. The summed E-state index contributed by atoms with van der Waals surface area (Å²) < 4.78 is 0.860. The fraction of sp³-hybridized carbons (Fsp3) is 0.304. The van der Waals surface area contributed by atoms with Crippen molar-refractivity contribution in [1.82, 2.24) is 19.5 Å². The van der Waals surface area contributed by atoms with Crippen LogP contribution < -0.4 is 5.32 Å². The Morgan fingerprint density at radius 1 is 1.07 bits per heavy atom. The van der Waals surface area contributed by atoms with Crippen LogP contribution in [0.1, 0.15) is 28.8 Å². The number of carbonyl (C=O) groups is 2. The number of para-hydroxylation sites is 1. The van der Waals surface area contributed by atoms with Crippen molar-refractivity contribution < 1.29 is 9.59 Å². The third-order valence-corrected chi connectivity index (χ3v) is 6.06. The first-order valence-electron chi connectivity index (χ1n) is 10.3. The summed E-state index contributed by atoms with van der Waals surface area (Å²) in [6.45, 7) is 2.84. The number of H-pyrrole nitrogens is 1. The second-order valence-corrected chi connectivity index (χ2v) is 8.06. The van der Waals surface area contributed by atoms with Gasteiger partial charge in [-0.3, -0.25) is 4.79 Å². The summed E-state index contributed by atoms with van der Waals surface area (Å²) in [4.78, 5) is 30.5. The second kappa shape index (κ2) is 9.36. The zero-order valence-corrected chi connectivity index (χ0v) is 17.6. The molecule has 0 bridgehead atoms. The molecule has 4 rings (SSSR count). The number of nitrogens with one attached hydrogen (secondary N) is 2. The van der Waals surface area contributed by atoms with E-state index in [1.807, 2.05) is 12.1 Å². The number of fused-ring (bicyclic) bond motifs is 1. The topological polar surface area (TPSA) is 68.4 Å². The molecule has 2 heterocycles. The van der Waals surface area contributed by atoms with Crippen molar-refractivity contribution in [3.05, 3.63) is 71.9 Å². The van der Waals surface area contributed by atoms with E-state index in [1.165, 1.54) is 16.5 Å². The second-order valence-electron chi connectivity index (χ2n) is 7.66. The van der Waals surface area contributed by atoms with E-state index in [0.717, 1.165) is 43.2 Å². The van der Waals surface area contributed by atoms with Crippen LogP contribution in [0.2, 0.25) is 0 Å². The number of nitrogens with zero attached hydrogens (tertiary/aromatic N) is 2. The van der Waals surface area contributed by atoms with E-state index >= 15 is 0 Å². The van der Waals surface area contributed by atoms with Crippen LogP contribution in [0.4, 0.5) is 4.79 Å². The lowest BCUT2D eigenvalue weighted by Gasteiger charge is -2.32. The van der Waals surface area contributed by atoms with Gasteiger partial charge in [-0.05, 0) is 43.0 Å². The van der Waals surface area contributed by atoms with Crippen LogP contribution in [-0.2, 0) is 6.42 Å². The van der Waals surface area contributed by atoms with E-state index in [9.17, 15) is 9.59 Å². The molecule has 0 aliphatic carbocycles. The Morgan fingerprint density at radius 2 is 1.77 bits per heavy atom. The average molecular weight is 423 g/mol. The van der Waals surface area contributed by atoms with Gasteiger partial charge in [0.05, 0.1) is 0 Å². The first-order valence-corrected chi connectivity index (χ1v) is 10.7. The smallest absolute Gasteiger partial charge is 0.334 e. The molecule has 2 N–H and O–H groups in total. The number of carbonyl (C=O) groups excluding carboxylic acids is 2. The molecule has 1 fully saturated rings. The maximum absolute atomic E-state index is 12.4. The Labute approximate surface area is 181 Å². The molecule has 1 aromatic heterocycles. The zero-order chi connectivity index (χ0) is 20.9. The highest BCUT2D eigenvalue weighted by Crippen LogP contribution is 2.19. The highest BCUT2D eigenvalue weighted by atomic mass is 32.1. The fourth-order valence-electron chi connectivity index (χ4n) is 3.95. The molecular weight excluding hydrogens is 396 g/mol. The quantitative estimate of drug-likeness (QED) is 0.547. The number of imide groups is 1. The SMILES string of the molecule is O=C(NC1CCN(CCc2c[nH]c3ccccc23)CC1)N(S)C(=O)c1ccccc1. The molecular formula is C23H26N4O2S. The van der Waals surface area contributed by atoms with Gasteiger partial charge >= 0.3 is 6.03 Å². The summed E-state index contributed by atoms with van der Waals surface area (Å²) in [7, 11) is 0. The maximum Gasteiger partial charge on any atom is 0.334 e. The van der Waals surface area contributed by atoms with Crippen LogP contribution in [-0.4, -0.2) is 51.8 Å². The lowest BCUT2D eigenvalue weighted by atomic mass is 10.0. The number of urea groups is 1. The molecule has 30 heavy (non-hydrogen) atoms. The predicted molar refractivity (Wildman–Crippen MR) is 122 cm³/mol. The summed E-state index contributed by atoms with van der Waals surface area (Å²) in [6.07, 6.45) is 4.82. The summed E-state index contributed by atoms with van der Waals surface area (Å²) in [5.74, 6) is -0.424. The van der Waals surface area contributed by atoms with Gasteiger partial charge in [0.2, 0.25) is 0 Å². The van der Waals surface area contributed by atoms with Crippen LogP contribution in [0.15, 0.2) is 60.8 Å². The molecule has 1 aliphatic heterocycles. The molecule has 3 aromatic rings. The third-order valence-electron chi connectivity index (χ3n) is 5.69. The third kappa shape index (κ3) is 4.68. The molecule has 0 saturated carbocycles. The summed E-state index contributed by atoms with van der Waals surface area (Å²) in [5, 5.41) is 4.23. The minimum atomic E-state index is -0.468. The Kier molecular flexibility index (Phi) is 6.40. The van der Waals surface area contributed by atoms with Gasteiger partial charge in [-0.15, -0.1) is 0 Å². The van der Waals surface area contributed by atoms with Crippen LogP contribution in [0.5, 0.6) is 0 Å². The molecule has 2 aromatic carbocycles. The van der Waals surface area contributed by atoms with E-state index in [0.29, 0.717) is 5.56 Å². The highest BCUT2D eigenvalue weighted by Gasteiger charge is 2.25. The van der Waals surface area contributed by atoms with Gasteiger partial charge in [0.1, 0.15) is 0 Å². The Morgan fingerprint density at radius 3 is 2.53 bits per heavy atom. The Balaban J connectivity index is 1.23. The van der Waals surface area contributed by atoms with Crippen LogP contribution >= 0.6 is 12.8 Å². The average Bonchev–Trinajstić information content (AvgIpc) is 3.21. The van der Waals surface area contributed by atoms with Crippen molar-refractivity contribution in [3.63, 3.8) is 0 Å². The van der Waals surface area contributed by atoms with E-state index in [1.54, 1.807) is 24.3 Å². The number of hydrogen-bond donors (Lipinski definition) is 3. The number of likely N-dealkylation sites (tertiary alicyclic amines) is 1. The largest absolute Gasteiger partial charge is 0.361 e. The molecule has 0 spiro atoms. The van der Waals surface area contributed by atoms with Gasteiger partial charge < -0.3 is 15.2 Å². The van der Waals surface area contributed by atoms with Crippen molar-refractivity contribution in [1.29, 1.82) is 0 Å². The van der Waals surface area contributed by atoms with E-state index in [4.69, 9.17) is 0 Å². The van der Waals surface area contributed by atoms with Gasteiger partial charge in [-0.25, -0.2) is 9.10 Å². The number of aromatic nitrogens is 1. The Hall–Kier alpha value is -2.77. The molecule has 0 unspecified atom stereocenters. The van der Waals surface area contributed by atoms with Crippen LogP contribution in [0.25, 0.3) is 10.9 Å². The summed E-state index contributed by atoms with van der Waals surface area (Å²) in [6, 6.07) is 16.6. The van der Waals surface area contributed by atoms with Crippen molar-refractivity contribution in [3.8, 4) is 0 Å². The van der Waals surface area contributed by atoms with Gasteiger partial charge in [0.15, 0.2) is 0 Å². The lowest BCUT2D eigenvalue weighted by molar-refractivity contribution is 0.0892. The van der Waals surface area contributed by atoms with Gasteiger partial charge in [-0.1, -0.05) is 49.2 Å². The minimum absolute atomic E-state index is 0.0556. The zero-order valence-electron chi connectivity index (χ0n) is 16.8. The van der Waals surface area contributed by atoms with E-state index in [-0.39, 0.29) is 6.04 Å². The van der Waals surface area contributed by atoms with E-state index < -0.39 is 11.9 Å². The van der Waals surface area contributed by atoms with E-state index in [2.05, 4.69) is 52.4 Å². The molecule has 1 saturated heterocycles. The molecule has 7 heteroatoms. The fourth-order valence-corrected chi connectivity index (χ4v) is 4.12. The molecule has 0 radical (unpaired) electrons. The van der Waals surface area contributed by atoms with Gasteiger partial charge in [0.25, 0.3) is 5.91 Å². The number of amides is 3. The number of rotatable bonds is 5. The maximum atomic E-state index is 12.4.